The second-order valence-corrected chi connectivity index (χ2v) is 8.45. The van der Waals surface area contributed by atoms with Gasteiger partial charge in [-0.2, -0.15) is 5.10 Å². The molecule has 3 aromatic rings. The molecule has 1 atom stereocenters. The molecule has 1 fully saturated rings. The Labute approximate surface area is 173 Å². The van der Waals surface area contributed by atoms with Crippen LogP contribution in [0.15, 0.2) is 41.2 Å². The Bertz CT molecular complexity index is 1030. The molecular formula is C21H25N5O2S. The van der Waals surface area contributed by atoms with Crippen LogP contribution in [0.3, 0.4) is 0 Å². The fourth-order valence-electron chi connectivity index (χ4n) is 3.78. The third kappa shape index (κ3) is 4.71. The molecule has 8 heteroatoms. The second kappa shape index (κ2) is 8.84. The smallest absolute Gasteiger partial charge is 0.280 e. The van der Waals surface area contributed by atoms with Crippen LogP contribution in [0.4, 0.5) is 0 Å². The summed E-state index contributed by atoms with van der Waals surface area (Å²) >= 11 is 1.42. The predicted molar refractivity (Wildman–Crippen MR) is 114 cm³/mol. The molecule has 0 radical (unpaired) electrons. The van der Waals surface area contributed by atoms with Crippen LogP contribution in [0.25, 0.3) is 10.2 Å². The Balaban J connectivity index is 1.36. The number of nitrogens with zero attached hydrogens (tertiary/aromatic N) is 4. The summed E-state index contributed by atoms with van der Waals surface area (Å²) in [6.45, 7) is 4.76. The van der Waals surface area contributed by atoms with Gasteiger partial charge in [-0.05, 0) is 44.5 Å². The lowest BCUT2D eigenvalue weighted by Gasteiger charge is -2.35. The number of hydrogen-bond acceptors (Lipinski definition) is 6. The van der Waals surface area contributed by atoms with Crippen LogP contribution < -0.4 is 10.9 Å². The molecule has 152 valence electrons. The minimum Gasteiger partial charge on any atom is -0.348 e. The number of rotatable bonds is 6. The van der Waals surface area contributed by atoms with E-state index in [9.17, 15) is 9.59 Å². The van der Waals surface area contributed by atoms with Crippen molar-refractivity contribution in [2.24, 2.45) is 0 Å². The Morgan fingerprint density at radius 2 is 2.07 bits per heavy atom. The van der Waals surface area contributed by atoms with Crippen molar-refractivity contribution in [3.63, 3.8) is 0 Å². The van der Waals surface area contributed by atoms with E-state index >= 15 is 0 Å². The maximum absolute atomic E-state index is 12.6. The highest BCUT2D eigenvalue weighted by Crippen LogP contribution is 2.21. The van der Waals surface area contributed by atoms with E-state index in [0.717, 1.165) is 48.3 Å². The first-order valence-electron chi connectivity index (χ1n) is 10.0. The van der Waals surface area contributed by atoms with Gasteiger partial charge in [0.25, 0.3) is 11.5 Å². The first kappa shape index (κ1) is 19.7. The first-order valence-corrected chi connectivity index (χ1v) is 10.8. The number of fused-ring (bicyclic) bond motifs is 1. The molecule has 0 aliphatic carbocycles. The van der Waals surface area contributed by atoms with Crippen molar-refractivity contribution in [2.45, 2.75) is 38.8 Å². The average molecular weight is 412 g/mol. The molecule has 1 aliphatic rings. The van der Waals surface area contributed by atoms with Crippen molar-refractivity contribution in [3.05, 3.63) is 57.5 Å². The quantitative estimate of drug-likeness (QED) is 0.674. The Hall–Kier alpha value is -2.58. The minimum absolute atomic E-state index is 0.0756. The van der Waals surface area contributed by atoms with Gasteiger partial charge in [-0.3, -0.25) is 14.5 Å². The Morgan fingerprint density at radius 1 is 1.21 bits per heavy atom. The van der Waals surface area contributed by atoms with Crippen LogP contribution in [-0.4, -0.2) is 51.2 Å². The van der Waals surface area contributed by atoms with Crippen LogP contribution >= 0.6 is 11.3 Å². The van der Waals surface area contributed by atoms with Crippen molar-refractivity contribution in [1.82, 2.24) is 25.0 Å². The summed E-state index contributed by atoms with van der Waals surface area (Å²) < 4.78 is 2.55. The Kier molecular flexibility index (Phi) is 6.01. The van der Waals surface area contributed by atoms with Crippen molar-refractivity contribution in [2.75, 3.05) is 19.6 Å². The van der Waals surface area contributed by atoms with Crippen LogP contribution in [0, 0.1) is 6.92 Å². The van der Waals surface area contributed by atoms with E-state index in [-0.39, 0.29) is 17.5 Å². The molecule has 0 spiro atoms. The fraction of sp³-hybridized carbons (Fsp3) is 0.429. The number of likely N-dealkylation sites (tertiary alicyclic amines) is 1. The fourth-order valence-corrected chi connectivity index (χ4v) is 4.66. The number of piperidine rings is 1. The van der Waals surface area contributed by atoms with Crippen LogP contribution in [-0.2, 0) is 6.54 Å². The van der Waals surface area contributed by atoms with E-state index in [1.54, 1.807) is 12.1 Å². The van der Waals surface area contributed by atoms with Gasteiger partial charge in [0.15, 0.2) is 5.01 Å². The SMILES string of the molecule is Cc1ccc(=O)n(CCN2CCCCC2CNC(=O)c2nc3ccccc3s2)n1. The molecule has 29 heavy (non-hydrogen) atoms. The number of carbonyl (C=O) groups is 1. The second-order valence-electron chi connectivity index (χ2n) is 7.42. The van der Waals surface area contributed by atoms with E-state index < -0.39 is 0 Å². The normalized spacial score (nSPS) is 17.5. The van der Waals surface area contributed by atoms with Crippen molar-refractivity contribution in [1.29, 1.82) is 0 Å². The summed E-state index contributed by atoms with van der Waals surface area (Å²) in [6, 6.07) is 11.4. The summed E-state index contributed by atoms with van der Waals surface area (Å²) in [5.74, 6) is -0.117. The summed E-state index contributed by atoms with van der Waals surface area (Å²) in [5.41, 5.74) is 1.62. The van der Waals surface area contributed by atoms with E-state index in [1.807, 2.05) is 31.2 Å². The number of aromatic nitrogens is 3. The number of carbonyl (C=O) groups excluding carboxylic acids is 1. The standard InChI is InChI=1S/C21H25N5O2S/c1-15-9-10-19(27)26(24-15)13-12-25-11-5-4-6-16(25)14-22-20(28)21-23-17-7-2-3-8-18(17)29-21/h2-3,7-10,16H,4-6,11-14H2,1H3,(H,22,28). The van der Waals surface area contributed by atoms with Gasteiger partial charge in [-0.15, -0.1) is 11.3 Å². The van der Waals surface area contributed by atoms with Gasteiger partial charge < -0.3 is 5.32 Å². The third-order valence-corrected chi connectivity index (χ3v) is 6.37. The van der Waals surface area contributed by atoms with Gasteiger partial charge in [0.05, 0.1) is 22.5 Å². The lowest BCUT2D eigenvalue weighted by atomic mass is 10.0. The molecule has 1 N–H and O–H groups in total. The summed E-state index contributed by atoms with van der Waals surface area (Å²) in [7, 11) is 0. The molecule has 1 aliphatic heterocycles. The molecule has 2 aromatic heterocycles. The monoisotopic (exact) mass is 411 g/mol. The number of nitrogens with one attached hydrogen (secondary N) is 1. The van der Waals surface area contributed by atoms with Gasteiger partial charge in [0.2, 0.25) is 0 Å². The van der Waals surface area contributed by atoms with Gasteiger partial charge in [0, 0.05) is 25.2 Å². The number of benzene rings is 1. The number of para-hydroxylation sites is 1. The molecule has 0 saturated carbocycles. The van der Waals surface area contributed by atoms with E-state index in [2.05, 4.69) is 20.3 Å². The van der Waals surface area contributed by atoms with Gasteiger partial charge in [0.1, 0.15) is 0 Å². The summed E-state index contributed by atoms with van der Waals surface area (Å²) in [6.07, 6.45) is 3.33. The molecular weight excluding hydrogens is 386 g/mol. The van der Waals surface area contributed by atoms with Crippen molar-refractivity contribution < 1.29 is 4.79 Å². The van der Waals surface area contributed by atoms with Crippen molar-refractivity contribution in [3.8, 4) is 0 Å². The van der Waals surface area contributed by atoms with Crippen molar-refractivity contribution >= 4 is 27.5 Å². The van der Waals surface area contributed by atoms with Gasteiger partial charge >= 0.3 is 0 Å². The zero-order valence-corrected chi connectivity index (χ0v) is 17.3. The average Bonchev–Trinajstić information content (AvgIpc) is 3.17. The highest BCUT2D eigenvalue weighted by molar-refractivity contribution is 7.20. The first-order chi connectivity index (χ1) is 14.1. The largest absolute Gasteiger partial charge is 0.348 e. The molecule has 1 saturated heterocycles. The number of amides is 1. The lowest BCUT2D eigenvalue weighted by Crippen LogP contribution is -2.48. The van der Waals surface area contributed by atoms with Gasteiger partial charge in [-0.25, -0.2) is 9.67 Å². The molecule has 1 amide bonds. The van der Waals surface area contributed by atoms with E-state index in [0.29, 0.717) is 18.1 Å². The summed E-state index contributed by atoms with van der Waals surface area (Å²) in [4.78, 5) is 31.4. The molecule has 1 aromatic carbocycles. The van der Waals surface area contributed by atoms with Gasteiger partial charge in [-0.1, -0.05) is 18.6 Å². The molecule has 7 nitrogen and oxygen atoms in total. The zero-order valence-electron chi connectivity index (χ0n) is 16.5. The van der Waals surface area contributed by atoms with Crippen LogP contribution in [0.1, 0.15) is 34.8 Å². The van der Waals surface area contributed by atoms with Crippen LogP contribution in [0.5, 0.6) is 0 Å². The number of hydrogen-bond donors (Lipinski definition) is 1. The number of aryl methyl sites for hydroxylation is 1. The predicted octanol–water partition coefficient (Wildman–Crippen LogP) is 2.45. The Morgan fingerprint density at radius 3 is 2.93 bits per heavy atom. The number of thiazole rings is 1. The summed E-state index contributed by atoms with van der Waals surface area (Å²) in [5, 5.41) is 7.88. The molecule has 0 bridgehead atoms. The maximum Gasteiger partial charge on any atom is 0.280 e. The van der Waals surface area contributed by atoms with E-state index in [1.165, 1.54) is 16.0 Å². The minimum atomic E-state index is -0.117. The topological polar surface area (TPSA) is 80.1 Å². The lowest BCUT2D eigenvalue weighted by molar-refractivity contribution is 0.0909. The molecule has 4 rings (SSSR count). The maximum atomic E-state index is 12.6. The third-order valence-electron chi connectivity index (χ3n) is 5.33. The highest BCUT2D eigenvalue weighted by atomic mass is 32.1. The molecule has 1 unspecified atom stereocenters. The molecule has 3 heterocycles. The highest BCUT2D eigenvalue weighted by Gasteiger charge is 2.23. The zero-order chi connectivity index (χ0) is 20.2. The van der Waals surface area contributed by atoms with Crippen LogP contribution in [0.2, 0.25) is 0 Å². The van der Waals surface area contributed by atoms with E-state index in [4.69, 9.17) is 0 Å².